The molecule has 5 nitrogen and oxygen atoms in total. The van der Waals surface area contributed by atoms with E-state index in [-0.39, 0.29) is 5.75 Å². The summed E-state index contributed by atoms with van der Waals surface area (Å²) >= 11 is 5.05. The number of furan rings is 1. The van der Waals surface area contributed by atoms with Crippen molar-refractivity contribution >= 4 is 23.5 Å². The maximum Gasteiger partial charge on any atom is 0.187 e. The standard InChI is InChI=1S/C13H13N3O2S/c17-11-5-3-10(4-6-11)8-15-16-13(19)14-9-12-2-1-7-18-12/h1-8,17H,9H2,(H2,14,16,19). The molecule has 0 aliphatic rings. The van der Waals surface area contributed by atoms with Gasteiger partial charge in [-0.05, 0) is 54.2 Å². The van der Waals surface area contributed by atoms with Crippen LogP contribution in [-0.2, 0) is 6.54 Å². The minimum absolute atomic E-state index is 0.223. The summed E-state index contributed by atoms with van der Waals surface area (Å²) in [7, 11) is 0. The van der Waals surface area contributed by atoms with Gasteiger partial charge in [0, 0.05) is 0 Å². The molecular formula is C13H13N3O2S. The SMILES string of the molecule is Oc1ccc(C=NNC(=S)NCc2ccco2)cc1. The third-order valence-corrected chi connectivity index (χ3v) is 2.51. The molecule has 0 saturated carbocycles. The van der Waals surface area contributed by atoms with Gasteiger partial charge in [0.15, 0.2) is 5.11 Å². The molecule has 19 heavy (non-hydrogen) atoms. The number of benzene rings is 1. The number of aromatic hydroxyl groups is 1. The van der Waals surface area contributed by atoms with Crippen LogP contribution in [0.5, 0.6) is 5.75 Å². The molecule has 0 aliphatic carbocycles. The minimum Gasteiger partial charge on any atom is -0.508 e. The first-order valence-electron chi connectivity index (χ1n) is 5.62. The topological polar surface area (TPSA) is 69.8 Å². The molecule has 0 fully saturated rings. The average Bonchev–Trinajstić information content (AvgIpc) is 2.92. The molecule has 2 aromatic rings. The molecule has 2 rings (SSSR count). The summed E-state index contributed by atoms with van der Waals surface area (Å²) < 4.78 is 5.16. The van der Waals surface area contributed by atoms with Gasteiger partial charge in [0.25, 0.3) is 0 Å². The zero-order chi connectivity index (χ0) is 13.5. The number of rotatable bonds is 4. The van der Waals surface area contributed by atoms with Gasteiger partial charge in [-0.25, -0.2) is 0 Å². The molecule has 0 atom stereocenters. The summed E-state index contributed by atoms with van der Waals surface area (Å²) in [5.74, 6) is 1.02. The van der Waals surface area contributed by atoms with Crippen LogP contribution in [0, 0.1) is 0 Å². The fourth-order valence-corrected chi connectivity index (χ4v) is 1.47. The number of hydrazone groups is 1. The molecule has 98 valence electrons. The third-order valence-electron chi connectivity index (χ3n) is 2.28. The summed E-state index contributed by atoms with van der Waals surface area (Å²) in [6.45, 7) is 0.508. The van der Waals surface area contributed by atoms with Crippen LogP contribution in [0.15, 0.2) is 52.2 Å². The lowest BCUT2D eigenvalue weighted by atomic mass is 10.2. The zero-order valence-electron chi connectivity index (χ0n) is 10.0. The van der Waals surface area contributed by atoms with Gasteiger partial charge >= 0.3 is 0 Å². The molecule has 0 unspecified atom stereocenters. The Kier molecular flexibility index (Phi) is 4.52. The monoisotopic (exact) mass is 275 g/mol. The lowest BCUT2D eigenvalue weighted by Crippen LogP contribution is -2.31. The molecule has 1 aromatic carbocycles. The van der Waals surface area contributed by atoms with Gasteiger partial charge in [-0.3, -0.25) is 5.43 Å². The van der Waals surface area contributed by atoms with Crippen LogP contribution in [0.1, 0.15) is 11.3 Å². The molecule has 1 aromatic heterocycles. The van der Waals surface area contributed by atoms with Gasteiger partial charge < -0.3 is 14.8 Å². The van der Waals surface area contributed by atoms with Gasteiger partial charge in [-0.1, -0.05) is 0 Å². The van der Waals surface area contributed by atoms with Crippen LogP contribution in [0.4, 0.5) is 0 Å². The largest absolute Gasteiger partial charge is 0.508 e. The molecule has 0 aliphatic heterocycles. The van der Waals surface area contributed by atoms with Crippen LogP contribution in [0.3, 0.4) is 0 Å². The Balaban J connectivity index is 1.75. The van der Waals surface area contributed by atoms with E-state index >= 15 is 0 Å². The molecule has 0 radical (unpaired) electrons. The maximum absolute atomic E-state index is 9.13. The van der Waals surface area contributed by atoms with Crippen molar-refractivity contribution in [2.24, 2.45) is 5.10 Å². The number of nitrogens with one attached hydrogen (secondary N) is 2. The summed E-state index contributed by atoms with van der Waals surface area (Å²) in [5, 5.41) is 16.5. The smallest absolute Gasteiger partial charge is 0.187 e. The van der Waals surface area contributed by atoms with Gasteiger partial charge in [0.2, 0.25) is 0 Å². The summed E-state index contributed by atoms with van der Waals surface area (Å²) in [6.07, 6.45) is 3.22. The number of hydrogen-bond acceptors (Lipinski definition) is 4. The van der Waals surface area contributed by atoms with Gasteiger partial charge in [0.05, 0.1) is 19.0 Å². The van der Waals surface area contributed by atoms with Crippen molar-refractivity contribution in [3.63, 3.8) is 0 Å². The first-order chi connectivity index (χ1) is 9.24. The Labute approximate surface area is 115 Å². The number of phenols is 1. The highest BCUT2D eigenvalue weighted by Crippen LogP contribution is 2.07. The van der Waals surface area contributed by atoms with Crippen LogP contribution < -0.4 is 10.7 Å². The average molecular weight is 275 g/mol. The fraction of sp³-hybridized carbons (Fsp3) is 0.0769. The first-order valence-corrected chi connectivity index (χ1v) is 6.03. The minimum atomic E-state index is 0.223. The maximum atomic E-state index is 9.13. The van der Waals surface area contributed by atoms with Crippen molar-refractivity contribution in [2.75, 3.05) is 0 Å². The highest BCUT2D eigenvalue weighted by Gasteiger charge is 1.96. The van der Waals surface area contributed by atoms with Gasteiger partial charge in [-0.2, -0.15) is 5.10 Å². The van der Waals surface area contributed by atoms with Crippen molar-refractivity contribution in [3.8, 4) is 5.75 Å². The van der Waals surface area contributed by atoms with E-state index in [2.05, 4.69) is 15.8 Å². The molecule has 3 N–H and O–H groups in total. The van der Waals surface area contributed by atoms with Crippen molar-refractivity contribution in [2.45, 2.75) is 6.54 Å². The van der Waals surface area contributed by atoms with E-state index in [1.54, 1.807) is 36.7 Å². The fourth-order valence-electron chi connectivity index (χ4n) is 1.35. The quantitative estimate of drug-likeness (QED) is 0.452. The van der Waals surface area contributed by atoms with Crippen molar-refractivity contribution < 1.29 is 9.52 Å². The van der Waals surface area contributed by atoms with E-state index in [1.165, 1.54) is 0 Å². The van der Waals surface area contributed by atoms with Crippen LogP contribution in [0.25, 0.3) is 0 Å². The number of phenolic OH excluding ortho intramolecular Hbond substituents is 1. The summed E-state index contributed by atoms with van der Waals surface area (Å²) in [5.41, 5.74) is 3.55. The Morgan fingerprint density at radius 3 is 2.79 bits per heavy atom. The lowest BCUT2D eigenvalue weighted by molar-refractivity contribution is 0.475. The highest BCUT2D eigenvalue weighted by molar-refractivity contribution is 7.80. The number of thiocarbonyl (C=S) groups is 1. The van der Waals surface area contributed by atoms with E-state index in [9.17, 15) is 0 Å². The first kappa shape index (κ1) is 13.1. The number of nitrogens with zero attached hydrogens (tertiary/aromatic N) is 1. The van der Waals surface area contributed by atoms with E-state index in [4.69, 9.17) is 21.7 Å². The summed E-state index contributed by atoms with van der Waals surface area (Å²) in [4.78, 5) is 0. The van der Waals surface area contributed by atoms with Crippen LogP contribution in [0.2, 0.25) is 0 Å². The molecule has 0 saturated heterocycles. The molecule has 0 bridgehead atoms. The van der Waals surface area contributed by atoms with Gasteiger partial charge in [0.1, 0.15) is 11.5 Å². The predicted molar refractivity (Wildman–Crippen MR) is 77.0 cm³/mol. The second-order valence-corrected chi connectivity index (χ2v) is 4.13. The lowest BCUT2D eigenvalue weighted by Gasteiger charge is -2.04. The van der Waals surface area contributed by atoms with Crippen molar-refractivity contribution in [1.82, 2.24) is 10.7 Å². The Morgan fingerprint density at radius 2 is 2.11 bits per heavy atom. The van der Waals surface area contributed by atoms with Crippen LogP contribution >= 0.6 is 12.2 Å². The Hall–Kier alpha value is -2.34. The van der Waals surface area contributed by atoms with E-state index < -0.39 is 0 Å². The molecule has 6 heteroatoms. The molecule has 0 spiro atoms. The third kappa shape index (κ3) is 4.44. The molecular weight excluding hydrogens is 262 g/mol. The van der Waals surface area contributed by atoms with E-state index in [0.717, 1.165) is 11.3 Å². The van der Waals surface area contributed by atoms with Crippen molar-refractivity contribution in [1.29, 1.82) is 0 Å². The van der Waals surface area contributed by atoms with E-state index in [1.807, 2.05) is 12.1 Å². The number of hydrogen-bond donors (Lipinski definition) is 3. The van der Waals surface area contributed by atoms with Gasteiger partial charge in [-0.15, -0.1) is 0 Å². The van der Waals surface area contributed by atoms with Crippen molar-refractivity contribution in [3.05, 3.63) is 54.0 Å². The predicted octanol–water partition coefficient (Wildman–Crippen LogP) is 1.98. The second kappa shape index (κ2) is 6.55. The second-order valence-electron chi connectivity index (χ2n) is 3.72. The Bertz CT molecular complexity index is 550. The Morgan fingerprint density at radius 1 is 1.32 bits per heavy atom. The van der Waals surface area contributed by atoms with E-state index in [0.29, 0.717) is 11.7 Å². The molecule has 0 amide bonds. The normalized spacial score (nSPS) is 10.5. The summed E-state index contributed by atoms with van der Waals surface area (Å²) in [6, 6.07) is 10.4. The highest BCUT2D eigenvalue weighted by atomic mass is 32.1. The van der Waals surface area contributed by atoms with Crippen LogP contribution in [-0.4, -0.2) is 16.4 Å². The zero-order valence-corrected chi connectivity index (χ0v) is 10.9. The molecule has 1 heterocycles.